The Labute approximate surface area is 74.5 Å². The summed E-state index contributed by atoms with van der Waals surface area (Å²) in [7, 11) is 0. The van der Waals surface area contributed by atoms with Crippen molar-refractivity contribution in [3.8, 4) is 0 Å². The number of allylic oxidation sites excluding steroid dienone is 1. The zero-order valence-electron chi connectivity index (χ0n) is 8.01. The molecule has 1 heteroatoms. The molecule has 0 aromatic heterocycles. The van der Waals surface area contributed by atoms with Crippen molar-refractivity contribution >= 4 is 0 Å². The van der Waals surface area contributed by atoms with Crippen LogP contribution in [0.15, 0.2) is 12.2 Å². The molecule has 2 fully saturated rings. The maximum Gasteiger partial charge on any atom is 0.0580 e. The minimum Gasteiger partial charge on any atom is -0.393 e. The van der Waals surface area contributed by atoms with Gasteiger partial charge in [0.05, 0.1) is 6.10 Å². The van der Waals surface area contributed by atoms with E-state index in [1.807, 2.05) is 0 Å². The summed E-state index contributed by atoms with van der Waals surface area (Å²) in [6.45, 7) is 8.42. The topological polar surface area (TPSA) is 20.2 Å². The van der Waals surface area contributed by atoms with E-state index in [1.165, 1.54) is 18.4 Å². The van der Waals surface area contributed by atoms with E-state index >= 15 is 0 Å². The highest BCUT2D eigenvalue weighted by Gasteiger charge is 2.69. The third-order valence-electron chi connectivity index (χ3n) is 4.08. The van der Waals surface area contributed by atoms with Crippen LogP contribution in [0.2, 0.25) is 0 Å². The zero-order valence-corrected chi connectivity index (χ0v) is 8.01. The molecule has 2 aliphatic rings. The summed E-state index contributed by atoms with van der Waals surface area (Å²) in [5.41, 5.74) is 1.66. The highest BCUT2D eigenvalue weighted by molar-refractivity contribution is 5.30. The van der Waals surface area contributed by atoms with Gasteiger partial charge in [0.25, 0.3) is 0 Å². The fraction of sp³-hybridized carbons (Fsp3) is 0.818. The Kier molecular flexibility index (Phi) is 1.63. The molecule has 0 saturated heterocycles. The van der Waals surface area contributed by atoms with Crippen LogP contribution in [0.1, 0.15) is 33.1 Å². The van der Waals surface area contributed by atoms with Crippen molar-refractivity contribution in [2.24, 2.45) is 17.3 Å². The molecule has 0 spiro atoms. The molecule has 1 nitrogen and oxygen atoms in total. The molecular weight excluding hydrogens is 148 g/mol. The lowest BCUT2D eigenvalue weighted by Gasteiger charge is -2.13. The number of hydrogen-bond donors (Lipinski definition) is 1. The van der Waals surface area contributed by atoms with Gasteiger partial charge in [-0.15, -0.1) is 0 Å². The van der Waals surface area contributed by atoms with E-state index in [1.54, 1.807) is 0 Å². The third kappa shape index (κ3) is 0.731. The first-order valence-corrected chi connectivity index (χ1v) is 4.98. The van der Waals surface area contributed by atoms with Crippen molar-refractivity contribution < 1.29 is 5.11 Å². The lowest BCUT2D eigenvalue weighted by atomic mass is 9.91. The molecule has 0 amide bonds. The highest BCUT2D eigenvalue weighted by atomic mass is 16.3. The molecular formula is C11H18O. The molecule has 0 aromatic carbocycles. The van der Waals surface area contributed by atoms with Gasteiger partial charge in [-0.3, -0.25) is 0 Å². The maximum absolute atomic E-state index is 9.71. The van der Waals surface area contributed by atoms with Gasteiger partial charge in [0.2, 0.25) is 0 Å². The van der Waals surface area contributed by atoms with E-state index in [0.717, 1.165) is 12.3 Å². The summed E-state index contributed by atoms with van der Waals surface area (Å²) in [4.78, 5) is 0. The fourth-order valence-corrected chi connectivity index (χ4v) is 3.51. The van der Waals surface area contributed by atoms with Crippen LogP contribution in [0.25, 0.3) is 0 Å². The first-order valence-electron chi connectivity index (χ1n) is 4.98. The minimum absolute atomic E-state index is 0.0355. The summed E-state index contributed by atoms with van der Waals surface area (Å²) in [6.07, 6.45) is 3.33. The van der Waals surface area contributed by atoms with Gasteiger partial charge in [-0.05, 0) is 37.0 Å². The molecule has 0 aromatic rings. The molecule has 4 unspecified atom stereocenters. The number of rotatable bonds is 2. The molecule has 68 valence electrons. The van der Waals surface area contributed by atoms with Gasteiger partial charge in [0, 0.05) is 0 Å². The van der Waals surface area contributed by atoms with Gasteiger partial charge >= 0.3 is 0 Å². The smallest absolute Gasteiger partial charge is 0.0580 e. The highest BCUT2D eigenvalue weighted by Crippen LogP contribution is 2.72. The standard InChI is InChI=1S/C11H18O/c1-4-8-10-9(12)5-6-11(8,10)7(2)3/h8-10,12H,2,4-6H2,1,3H3. The summed E-state index contributed by atoms with van der Waals surface area (Å²) in [5, 5.41) is 9.71. The lowest BCUT2D eigenvalue weighted by molar-refractivity contribution is 0.149. The zero-order chi connectivity index (χ0) is 8.93. The molecule has 0 aliphatic heterocycles. The van der Waals surface area contributed by atoms with Gasteiger partial charge in [-0.2, -0.15) is 0 Å². The van der Waals surface area contributed by atoms with Crippen LogP contribution in [-0.4, -0.2) is 11.2 Å². The first-order chi connectivity index (χ1) is 5.64. The largest absolute Gasteiger partial charge is 0.393 e. The van der Waals surface area contributed by atoms with E-state index in [-0.39, 0.29) is 6.10 Å². The van der Waals surface area contributed by atoms with Crippen LogP contribution in [-0.2, 0) is 0 Å². The van der Waals surface area contributed by atoms with Gasteiger partial charge in [0.15, 0.2) is 0 Å². The molecule has 1 N–H and O–H groups in total. The van der Waals surface area contributed by atoms with E-state index in [9.17, 15) is 5.11 Å². The number of hydrogen-bond acceptors (Lipinski definition) is 1. The van der Waals surface area contributed by atoms with Crippen molar-refractivity contribution in [1.29, 1.82) is 0 Å². The summed E-state index contributed by atoms with van der Waals surface area (Å²) >= 11 is 0. The fourth-order valence-electron chi connectivity index (χ4n) is 3.51. The normalized spacial score (nSPS) is 50.4. The second-order valence-electron chi connectivity index (χ2n) is 4.47. The monoisotopic (exact) mass is 166 g/mol. The van der Waals surface area contributed by atoms with Crippen LogP contribution in [0.4, 0.5) is 0 Å². The Morgan fingerprint density at radius 1 is 1.67 bits per heavy atom. The second kappa shape index (κ2) is 2.35. The predicted molar refractivity (Wildman–Crippen MR) is 49.8 cm³/mol. The van der Waals surface area contributed by atoms with Crippen molar-refractivity contribution in [2.75, 3.05) is 0 Å². The summed E-state index contributed by atoms with van der Waals surface area (Å²) in [6, 6.07) is 0. The van der Waals surface area contributed by atoms with Crippen molar-refractivity contribution in [3.05, 3.63) is 12.2 Å². The van der Waals surface area contributed by atoms with Crippen LogP contribution < -0.4 is 0 Å². The second-order valence-corrected chi connectivity index (χ2v) is 4.47. The van der Waals surface area contributed by atoms with Crippen molar-refractivity contribution in [3.63, 3.8) is 0 Å². The Balaban J connectivity index is 2.22. The Bertz CT molecular complexity index is 221. The molecule has 12 heavy (non-hydrogen) atoms. The SMILES string of the molecule is C=C(C)C12CCC(O)C1C2CC. The lowest BCUT2D eigenvalue weighted by Crippen LogP contribution is -2.06. The van der Waals surface area contributed by atoms with E-state index in [4.69, 9.17) is 0 Å². The van der Waals surface area contributed by atoms with E-state index in [2.05, 4.69) is 20.4 Å². The molecule has 4 atom stereocenters. The molecule has 0 radical (unpaired) electrons. The summed E-state index contributed by atoms with van der Waals surface area (Å²) in [5.74, 6) is 1.29. The first kappa shape index (κ1) is 8.31. The molecule has 2 aliphatic carbocycles. The third-order valence-corrected chi connectivity index (χ3v) is 4.08. The Morgan fingerprint density at radius 3 is 2.67 bits per heavy atom. The van der Waals surface area contributed by atoms with Crippen molar-refractivity contribution in [1.82, 2.24) is 0 Å². The van der Waals surface area contributed by atoms with Crippen LogP contribution in [0.3, 0.4) is 0 Å². The number of aliphatic hydroxyl groups excluding tert-OH is 1. The van der Waals surface area contributed by atoms with Gasteiger partial charge in [-0.1, -0.05) is 25.5 Å². The Hall–Kier alpha value is -0.300. The number of fused-ring (bicyclic) bond motifs is 1. The van der Waals surface area contributed by atoms with Gasteiger partial charge < -0.3 is 5.11 Å². The maximum atomic E-state index is 9.71. The van der Waals surface area contributed by atoms with Gasteiger partial charge in [-0.25, -0.2) is 0 Å². The predicted octanol–water partition coefficient (Wildman–Crippen LogP) is 2.36. The quantitative estimate of drug-likeness (QED) is 0.624. The molecule has 2 saturated carbocycles. The Morgan fingerprint density at radius 2 is 2.33 bits per heavy atom. The average Bonchev–Trinajstić information content (AvgIpc) is 2.59. The van der Waals surface area contributed by atoms with Crippen LogP contribution >= 0.6 is 0 Å². The number of aliphatic hydroxyl groups is 1. The van der Waals surface area contributed by atoms with Crippen LogP contribution in [0, 0.1) is 17.3 Å². The van der Waals surface area contributed by atoms with Gasteiger partial charge in [0.1, 0.15) is 0 Å². The summed E-state index contributed by atoms with van der Waals surface area (Å²) < 4.78 is 0. The van der Waals surface area contributed by atoms with Crippen LogP contribution in [0.5, 0.6) is 0 Å². The molecule has 2 rings (SSSR count). The average molecular weight is 166 g/mol. The minimum atomic E-state index is -0.0355. The molecule has 0 heterocycles. The molecule has 0 bridgehead atoms. The van der Waals surface area contributed by atoms with Crippen molar-refractivity contribution in [2.45, 2.75) is 39.2 Å². The van der Waals surface area contributed by atoms with E-state index in [0.29, 0.717) is 11.3 Å². The van der Waals surface area contributed by atoms with E-state index < -0.39 is 0 Å².